The Balaban J connectivity index is 2.87. The summed E-state index contributed by atoms with van der Waals surface area (Å²) < 4.78 is 5.70. The van der Waals surface area contributed by atoms with E-state index in [-0.39, 0.29) is 6.10 Å². The van der Waals surface area contributed by atoms with E-state index in [1.807, 2.05) is 6.07 Å². The zero-order chi connectivity index (χ0) is 15.1. The summed E-state index contributed by atoms with van der Waals surface area (Å²) in [5, 5.41) is 4.46. The lowest BCUT2D eigenvalue weighted by Crippen LogP contribution is -2.45. The fraction of sp³-hybridized carbons (Fsp3) is 0.647. The van der Waals surface area contributed by atoms with Gasteiger partial charge in [0.25, 0.3) is 0 Å². The van der Waals surface area contributed by atoms with Crippen LogP contribution in [-0.4, -0.2) is 25.8 Å². The predicted octanol–water partition coefficient (Wildman–Crippen LogP) is 4.23. The summed E-state index contributed by atoms with van der Waals surface area (Å²) in [7, 11) is 1.79. The minimum absolute atomic E-state index is 0.193. The van der Waals surface area contributed by atoms with Crippen molar-refractivity contribution < 1.29 is 4.74 Å². The number of hydrogen-bond donors (Lipinski definition) is 1. The highest BCUT2D eigenvalue weighted by Gasteiger charge is 2.24. The summed E-state index contributed by atoms with van der Waals surface area (Å²) in [6.07, 6.45) is 2.21. The first kappa shape index (κ1) is 17.5. The maximum absolute atomic E-state index is 6.37. The highest BCUT2D eigenvalue weighted by Crippen LogP contribution is 2.22. The van der Waals surface area contributed by atoms with Crippen molar-refractivity contribution in [3.8, 4) is 0 Å². The molecule has 0 spiro atoms. The number of hydrogen-bond acceptors (Lipinski definition) is 2. The third-order valence-corrected chi connectivity index (χ3v) is 3.98. The molecule has 0 saturated heterocycles. The molecule has 0 aliphatic carbocycles. The van der Waals surface area contributed by atoms with Crippen LogP contribution in [0.3, 0.4) is 0 Å². The largest absolute Gasteiger partial charge is 0.380 e. The molecule has 2 nitrogen and oxygen atoms in total. The Bertz CT molecular complexity index is 406. The Kier molecular flexibility index (Phi) is 7.57. The molecule has 0 amide bonds. The van der Waals surface area contributed by atoms with Gasteiger partial charge in [0.1, 0.15) is 0 Å². The van der Waals surface area contributed by atoms with Gasteiger partial charge in [0.15, 0.2) is 0 Å². The zero-order valence-electron chi connectivity index (χ0n) is 13.4. The van der Waals surface area contributed by atoms with E-state index >= 15 is 0 Å². The van der Waals surface area contributed by atoms with Gasteiger partial charge in [-0.1, -0.05) is 44.5 Å². The van der Waals surface area contributed by atoms with Crippen molar-refractivity contribution in [2.75, 3.05) is 13.7 Å². The molecular weight excluding hydrogens is 270 g/mol. The van der Waals surface area contributed by atoms with Crippen LogP contribution in [0.1, 0.15) is 38.3 Å². The van der Waals surface area contributed by atoms with E-state index < -0.39 is 0 Å². The van der Waals surface area contributed by atoms with E-state index in [1.54, 1.807) is 7.11 Å². The van der Waals surface area contributed by atoms with Crippen LogP contribution in [0.4, 0.5) is 0 Å². The summed E-state index contributed by atoms with van der Waals surface area (Å²) in [5.41, 5.74) is 2.39. The van der Waals surface area contributed by atoms with Crippen molar-refractivity contribution in [2.45, 2.75) is 52.7 Å². The van der Waals surface area contributed by atoms with Crippen molar-refractivity contribution in [1.29, 1.82) is 0 Å². The number of nitrogens with one attached hydrogen (secondary N) is 1. The van der Waals surface area contributed by atoms with E-state index in [0.717, 1.165) is 24.4 Å². The topological polar surface area (TPSA) is 21.3 Å². The molecule has 1 aromatic rings. The van der Waals surface area contributed by atoms with Crippen molar-refractivity contribution in [2.24, 2.45) is 5.92 Å². The van der Waals surface area contributed by atoms with Gasteiger partial charge in [0, 0.05) is 18.2 Å². The van der Waals surface area contributed by atoms with Crippen LogP contribution in [0.5, 0.6) is 0 Å². The molecule has 20 heavy (non-hydrogen) atoms. The van der Waals surface area contributed by atoms with Crippen LogP contribution in [0, 0.1) is 12.8 Å². The van der Waals surface area contributed by atoms with Gasteiger partial charge in [0.05, 0.1) is 6.10 Å². The van der Waals surface area contributed by atoms with Crippen molar-refractivity contribution in [3.05, 3.63) is 34.3 Å². The summed E-state index contributed by atoms with van der Waals surface area (Å²) in [4.78, 5) is 0. The minimum atomic E-state index is 0.193. The quantitative estimate of drug-likeness (QED) is 0.775. The second-order valence-corrected chi connectivity index (χ2v) is 6.21. The maximum Gasteiger partial charge on any atom is 0.0750 e. The molecule has 2 atom stereocenters. The second-order valence-electron chi connectivity index (χ2n) is 5.80. The minimum Gasteiger partial charge on any atom is -0.380 e. The standard InChI is InChI=1S/C17H28ClNO/c1-6-9-19-16(17(20-5)12(2)3)11-14-8-7-13(4)10-15(14)18/h7-8,10,12,16-17,19H,6,9,11H2,1-5H3. The summed E-state index contributed by atoms with van der Waals surface area (Å²) in [5.74, 6) is 0.471. The lowest BCUT2D eigenvalue weighted by atomic mass is 9.93. The maximum atomic E-state index is 6.37. The molecule has 114 valence electrons. The third kappa shape index (κ3) is 5.08. The molecule has 0 fully saturated rings. The van der Waals surface area contributed by atoms with Crippen LogP contribution in [0.25, 0.3) is 0 Å². The Morgan fingerprint density at radius 1 is 1.30 bits per heavy atom. The first-order valence-corrected chi connectivity index (χ1v) is 7.88. The molecule has 0 bridgehead atoms. The molecule has 0 aliphatic heterocycles. The SMILES string of the molecule is CCCNC(Cc1ccc(C)cc1Cl)C(OC)C(C)C. The van der Waals surface area contributed by atoms with Gasteiger partial charge in [-0.2, -0.15) is 0 Å². The first-order valence-electron chi connectivity index (χ1n) is 7.50. The average molecular weight is 298 g/mol. The summed E-state index contributed by atoms with van der Waals surface area (Å²) >= 11 is 6.37. The van der Waals surface area contributed by atoms with E-state index in [0.29, 0.717) is 12.0 Å². The number of halogens is 1. The fourth-order valence-corrected chi connectivity index (χ4v) is 2.90. The van der Waals surface area contributed by atoms with Crippen LogP contribution in [0.15, 0.2) is 18.2 Å². The number of methoxy groups -OCH3 is 1. The van der Waals surface area contributed by atoms with Crippen LogP contribution < -0.4 is 5.32 Å². The second kappa shape index (κ2) is 8.66. The van der Waals surface area contributed by atoms with Gasteiger partial charge >= 0.3 is 0 Å². The van der Waals surface area contributed by atoms with Gasteiger partial charge in [-0.3, -0.25) is 0 Å². The van der Waals surface area contributed by atoms with E-state index in [2.05, 4.69) is 45.1 Å². The fourth-order valence-electron chi connectivity index (χ4n) is 2.59. The highest BCUT2D eigenvalue weighted by atomic mass is 35.5. The normalized spacial score (nSPS) is 14.6. The van der Waals surface area contributed by atoms with Crippen molar-refractivity contribution in [3.63, 3.8) is 0 Å². The van der Waals surface area contributed by atoms with Crippen LogP contribution >= 0.6 is 11.6 Å². The molecule has 0 aromatic heterocycles. The lowest BCUT2D eigenvalue weighted by Gasteiger charge is -2.30. The van der Waals surface area contributed by atoms with Crippen molar-refractivity contribution in [1.82, 2.24) is 5.32 Å². The van der Waals surface area contributed by atoms with Gasteiger partial charge < -0.3 is 10.1 Å². The smallest absolute Gasteiger partial charge is 0.0750 e. The number of aryl methyl sites for hydroxylation is 1. The van der Waals surface area contributed by atoms with Gasteiger partial charge in [-0.25, -0.2) is 0 Å². The van der Waals surface area contributed by atoms with Crippen molar-refractivity contribution >= 4 is 11.6 Å². The van der Waals surface area contributed by atoms with Gasteiger partial charge in [0.2, 0.25) is 0 Å². The Morgan fingerprint density at radius 2 is 2.00 bits per heavy atom. The van der Waals surface area contributed by atoms with Crippen LogP contribution in [0.2, 0.25) is 5.02 Å². The van der Waals surface area contributed by atoms with Gasteiger partial charge in [-0.15, -0.1) is 0 Å². The molecular formula is C17H28ClNO. The van der Waals surface area contributed by atoms with E-state index in [4.69, 9.17) is 16.3 Å². The highest BCUT2D eigenvalue weighted by molar-refractivity contribution is 6.31. The first-order chi connectivity index (χ1) is 9.49. The number of rotatable bonds is 8. The van der Waals surface area contributed by atoms with Crippen LogP contribution in [-0.2, 0) is 11.2 Å². The molecule has 0 radical (unpaired) electrons. The predicted molar refractivity (Wildman–Crippen MR) is 87.6 cm³/mol. The molecule has 0 heterocycles. The summed E-state index contributed by atoms with van der Waals surface area (Å²) in [6, 6.07) is 6.58. The number of benzene rings is 1. The van der Waals surface area contributed by atoms with E-state index in [9.17, 15) is 0 Å². The monoisotopic (exact) mass is 297 g/mol. The summed E-state index contributed by atoms with van der Waals surface area (Å²) in [6.45, 7) is 9.65. The average Bonchev–Trinajstić information content (AvgIpc) is 2.39. The lowest BCUT2D eigenvalue weighted by molar-refractivity contribution is 0.0333. The molecule has 1 aromatic carbocycles. The third-order valence-electron chi connectivity index (χ3n) is 3.63. The molecule has 0 aliphatic rings. The molecule has 2 unspecified atom stereocenters. The molecule has 1 rings (SSSR count). The van der Waals surface area contributed by atoms with Gasteiger partial charge in [-0.05, 0) is 49.4 Å². The number of ether oxygens (including phenoxy) is 1. The molecule has 0 saturated carbocycles. The Morgan fingerprint density at radius 3 is 2.50 bits per heavy atom. The molecule has 3 heteroatoms. The molecule has 1 N–H and O–H groups in total. The Hall–Kier alpha value is -0.570. The zero-order valence-corrected chi connectivity index (χ0v) is 14.1. The Labute approximate surface area is 128 Å². The van der Waals surface area contributed by atoms with E-state index in [1.165, 1.54) is 11.1 Å².